The van der Waals surface area contributed by atoms with E-state index in [1.165, 1.54) is 18.2 Å². The fourth-order valence-corrected chi connectivity index (χ4v) is 3.10. The third kappa shape index (κ3) is 8.52. The Kier molecular flexibility index (Phi) is 10.4. The van der Waals surface area contributed by atoms with Gasteiger partial charge in [-0.2, -0.15) is 0 Å². The van der Waals surface area contributed by atoms with E-state index in [4.69, 9.17) is 65.7 Å². The molecular formula is C21H20Cl4O5. The fraction of sp³-hybridized carbons (Fsp3) is 0.286. The molecule has 0 spiro atoms. The van der Waals surface area contributed by atoms with Crippen LogP contribution in [0.2, 0.25) is 10.0 Å². The number of unbranched alkanes of at least 4 members (excludes halogenated alkanes) is 2. The number of ether oxygens (including phenoxy) is 3. The standard InChI is InChI=1S/C21H20Cl4O5/c22-17-12-16(29-11-8-19(24)25)13-18(23)20(17)30-10-3-1-2-9-28-15-6-4-14(5-7-15)21(26)27/h4-8,12-13H,1-3,9-11H2,(H,26,27). The lowest BCUT2D eigenvalue weighted by Gasteiger charge is -2.12. The van der Waals surface area contributed by atoms with E-state index in [1.54, 1.807) is 24.3 Å². The number of benzene rings is 2. The first kappa shape index (κ1) is 24.5. The summed E-state index contributed by atoms with van der Waals surface area (Å²) < 4.78 is 16.9. The molecule has 2 aromatic rings. The molecule has 30 heavy (non-hydrogen) atoms. The predicted molar refractivity (Wildman–Crippen MR) is 120 cm³/mol. The maximum atomic E-state index is 10.8. The maximum Gasteiger partial charge on any atom is 0.335 e. The third-order valence-corrected chi connectivity index (χ3v) is 4.73. The van der Waals surface area contributed by atoms with Crippen LogP contribution in [0.25, 0.3) is 0 Å². The molecule has 0 saturated carbocycles. The molecule has 5 nitrogen and oxygen atoms in total. The molecule has 162 valence electrons. The second kappa shape index (κ2) is 12.8. The lowest BCUT2D eigenvalue weighted by Crippen LogP contribution is -2.02. The van der Waals surface area contributed by atoms with Gasteiger partial charge in [-0.1, -0.05) is 46.4 Å². The Hall–Kier alpha value is -1.79. The van der Waals surface area contributed by atoms with Gasteiger partial charge in [0.05, 0.1) is 28.8 Å². The van der Waals surface area contributed by atoms with Crippen molar-refractivity contribution in [1.82, 2.24) is 0 Å². The minimum absolute atomic E-state index is 0.119. The van der Waals surface area contributed by atoms with Gasteiger partial charge in [0.15, 0.2) is 5.75 Å². The van der Waals surface area contributed by atoms with Crippen LogP contribution < -0.4 is 14.2 Å². The van der Waals surface area contributed by atoms with Gasteiger partial charge in [0.2, 0.25) is 0 Å². The van der Waals surface area contributed by atoms with Crippen LogP contribution in [0.4, 0.5) is 0 Å². The number of carboxylic acid groups (broad SMARTS) is 1. The van der Waals surface area contributed by atoms with E-state index < -0.39 is 5.97 Å². The summed E-state index contributed by atoms with van der Waals surface area (Å²) in [4.78, 5) is 10.8. The summed E-state index contributed by atoms with van der Waals surface area (Å²) in [6.45, 7) is 1.18. The number of rotatable bonds is 12. The molecule has 0 atom stereocenters. The largest absolute Gasteiger partial charge is 0.494 e. The van der Waals surface area contributed by atoms with Crippen LogP contribution in [0.3, 0.4) is 0 Å². The minimum Gasteiger partial charge on any atom is -0.494 e. The Balaban J connectivity index is 1.67. The van der Waals surface area contributed by atoms with Crippen LogP contribution in [0, 0.1) is 0 Å². The van der Waals surface area contributed by atoms with E-state index in [9.17, 15) is 4.79 Å². The fourth-order valence-electron chi connectivity index (χ4n) is 2.40. The normalized spacial score (nSPS) is 10.4. The number of carbonyl (C=O) groups is 1. The molecule has 0 aliphatic heterocycles. The van der Waals surface area contributed by atoms with Crippen molar-refractivity contribution in [2.45, 2.75) is 19.3 Å². The summed E-state index contributed by atoms with van der Waals surface area (Å²) in [5.41, 5.74) is 0.230. The molecule has 2 rings (SSSR count). The Labute approximate surface area is 195 Å². The average molecular weight is 494 g/mol. The van der Waals surface area contributed by atoms with Crippen LogP contribution in [-0.4, -0.2) is 30.9 Å². The van der Waals surface area contributed by atoms with Crippen LogP contribution in [0.5, 0.6) is 17.2 Å². The summed E-state index contributed by atoms with van der Waals surface area (Å²) in [6, 6.07) is 9.54. The second-order valence-electron chi connectivity index (χ2n) is 6.11. The molecule has 0 amide bonds. The van der Waals surface area contributed by atoms with Gasteiger partial charge in [-0.3, -0.25) is 0 Å². The van der Waals surface area contributed by atoms with Gasteiger partial charge in [0.1, 0.15) is 22.6 Å². The van der Waals surface area contributed by atoms with Gasteiger partial charge < -0.3 is 19.3 Å². The highest BCUT2D eigenvalue weighted by Gasteiger charge is 2.10. The highest BCUT2D eigenvalue weighted by Crippen LogP contribution is 2.37. The van der Waals surface area contributed by atoms with Gasteiger partial charge in [-0.25, -0.2) is 4.79 Å². The number of aromatic carboxylic acids is 1. The highest BCUT2D eigenvalue weighted by atomic mass is 35.5. The molecule has 9 heteroatoms. The van der Waals surface area contributed by atoms with E-state index >= 15 is 0 Å². The van der Waals surface area contributed by atoms with Gasteiger partial charge in [-0.15, -0.1) is 0 Å². The van der Waals surface area contributed by atoms with E-state index in [1.807, 2.05) is 0 Å². The average Bonchev–Trinajstić information content (AvgIpc) is 2.69. The quantitative estimate of drug-likeness (QED) is 0.322. The lowest BCUT2D eigenvalue weighted by atomic mass is 10.2. The van der Waals surface area contributed by atoms with Crippen molar-refractivity contribution in [3.8, 4) is 17.2 Å². The molecule has 0 unspecified atom stereocenters. The van der Waals surface area contributed by atoms with E-state index in [2.05, 4.69) is 0 Å². The molecule has 0 saturated heterocycles. The van der Waals surface area contributed by atoms with Gasteiger partial charge in [-0.05, 0) is 49.6 Å². The van der Waals surface area contributed by atoms with Gasteiger partial charge >= 0.3 is 5.97 Å². The van der Waals surface area contributed by atoms with Crippen molar-refractivity contribution in [2.75, 3.05) is 19.8 Å². The molecule has 0 radical (unpaired) electrons. The molecule has 2 aromatic carbocycles. The topological polar surface area (TPSA) is 65.0 Å². The molecule has 0 bridgehead atoms. The monoisotopic (exact) mass is 492 g/mol. The van der Waals surface area contributed by atoms with E-state index in [0.29, 0.717) is 40.5 Å². The van der Waals surface area contributed by atoms with E-state index in [-0.39, 0.29) is 16.7 Å². The van der Waals surface area contributed by atoms with Crippen LogP contribution >= 0.6 is 46.4 Å². The molecule has 1 N–H and O–H groups in total. The number of hydrogen-bond acceptors (Lipinski definition) is 4. The third-order valence-electron chi connectivity index (χ3n) is 3.86. The molecule has 0 aromatic heterocycles. The molecule has 0 heterocycles. The van der Waals surface area contributed by atoms with Crippen LogP contribution in [0.1, 0.15) is 29.6 Å². The van der Waals surface area contributed by atoms with Crippen LogP contribution in [0.15, 0.2) is 47.0 Å². The highest BCUT2D eigenvalue weighted by molar-refractivity contribution is 6.55. The first-order valence-corrected chi connectivity index (χ1v) is 10.6. The van der Waals surface area contributed by atoms with Crippen molar-refractivity contribution >= 4 is 52.4 Å². The Morgan fingerprint density at radius 1 is 0.867 bits per heavy atom. The predicted octanol–water partition coefficient (Wildman–Crippen LogP) is 7.02. The minimum atomic E-state index is -0.961. The summed E-state index contributed by atoms with van der Waals surface area (Å²) in [5.74, 6) is 0.571. The van der Waals surface area contributed by atoms with Crippen LogP contribution in [-0.2, 0) is 0 Å². The Bertz CT molecular complexity index is 841. The summed E-state index contributed by atoms with van der Waals surface area (Å²) in [7, 11) is 0. The molecule has 0 fully saturated rings. The SMILES string of the molecule is O=C(O)c1ccc(OCCCCCOc2c(Cl)cc(OCC=C(Cl)Cl)cc2Cl)cc1. The van der Waals surface area contributed by atoms with Crippen molar-refractivity contribution in [3.05, 3.63) is 62.6 Å². The maximum absolute atomic E-state index is 10.8. The van der Waals surface area contributed by atoms with Crippen molar-refractivity contribution in [1.29, 1.82) is 0 Å². The summed E-state index contributed by atoms with van der Waals surface area (Å²) in [5, 5.41) is 9.58. The zero-order valence-corrected chi connectivity index (χ0v) is 18.9. The van der Waals surface area contributed by atoms with Gasteiger partial charge in [0.25, 0.3) is 0 Å². The smallest absolute Gasteiger partial charge is 0.335 e. The molecule has 0 aliphatic rings. The number of halogens is 4. The first-order chi connectivity index (χ1) is 14.4. The van der Waals surface area contributed by atoms with E-state index in [0.717, 1.165) is 19.3 Å². The summed E-state index contributed by atoms with van der Waals surface area (Å²) >= 11 is 23.5. The summed E-state index contributed by atoms with van der Waals surface area (Å²) in [6.07, 6.45) is 4.01. The zero-order valence-electron chi connectivity index (χ0n) is 15.9. The first-order valence-electron chi connectivity index (χ1n) is 9.09. The number of hydrogen-bond donors (Lipinski definition) is 1. The van der Waals surface area contributed by atoms with Crippen molar-refractivity contribution < 1.29 is 24.1 Å². The molecular weight excluding hydrogens is 474 g/mol. The van der Waals surface area contributed by atoms with Gasteiger partial charge in [0, 0.05) is 12.1 Å². The zero-order chi connectivity index (χ0) is 21.9. The number of carboxylic acids is 1. The Morgan fingerprint density at radius 3 is 2.03 bits per heavy atom. The van der Waals surface area contributed by atoms with Crippen molar-refractivity contribution in [3.63, 3.8) is 0 Å². The second-order valence-corrected chi connectivity index (χ2v) is 7.93. The van der Waals surface area contributed by atoms with Crippen molar-refractivity contribution in [2.24, 2.45) is 0 Å². The Morgan fingerprint density at radius 2 is 1.47 bits per heavy atom. The lowest BCUT2D eigenvalue weighted by molar-refractivity contribution is 0.0697. The molecule has 0 aliphatic carbocycles.